The molecule has 5 N–H and O–H groups in total. The van der Waals surface area contributed by atoms with Gasteiger partial charge in [0.1, 0.15) is 11.6 Å². The summed E-state index contributed by atoms with van der Waals surface area (Å²) in [6, 6.07) is -0.0769. The Bertz CT molecular complexity index is 434. The molecule has 132 valence electrons. The van der Waals surface area contributed by atoms with Gasteiger partial charge in [0, 0.05) is 18.3 Å². The number of carbonyl (C=O) groups excluding carboxylic acids is 2. The Balaban J connectivity index is 0.000000423. The Morgan fingerprint density at radius 1 is 1.17 bits per heavy atom. The summed E-state index contributed by atoms with van der Waals surface area (Å²) in [7, 11) is 3.59. The van der Waals surface area contributed by atoms with Gasteiger partial charge in [-0.1, -0.05) is 6.42 Å². The number of imidazole rings is 1. The van der Waals surface area contributed by atoms with Gasteiger partial charge < -0.3 is 21.4 Å². The van der Waals surface area contributed by atoms with Crippen molar-refractivity contribution in [2.75, 3.05) is 20.6 Å². The van der Waals surface area contributed by atoms with E-state index in [2.05, 4.69) is 20.6 Å². The monoisotopic (exact) mass is 325 g/mol. The second kappa shape index (κ2) is 12.9. The van der Waals surface area contributed by atoms with E-state index in [1.165, 1.54) is 0 Å². The lowest BCUT2D eigenvalue weighted by molar-refractivity contribution is -0.119. The fraction of sp³-hybridized carbons (Fsp3) is 0.688. The van der Waals surface area contributed by atoms with Crippen LogP contribution in [0, 0.1) is 0 Å². The number of nitrogens with one attached hydrogen (secondary N) is 3. The van der Waals surface area contributed by atoms with Crippen molar-refractivity contribution >= 4 is 11.6 Å². The van der Waals surface area contributed by atoms with Crippen LogP contribution in [0.3, 0.4) is 0 Å². The fourth-order valence-electron chi connectivity index (χ4n) is 2.11. The minimum Gasteiger partial charge on any atom is -0.348 e. The molecule has 2 atom stereocenters. The van der Waals surface area contributed by atoms with E-state index < -0.39 is 0 Å². The van der Waals surface area contributed by atoms with Crippen LogP contribution in [0.1, 0.15) is 38.8 Å². The van der Waals surface area contributed by atoms with Crippen LogP contribution in [0.4, 0.5) is 0 Å². The molecule has 0 aliphatic carbocycles. The number of likely N-dealkylation sites (N-methyl/N-ethyl adjacent to an activating group) is 2. The molecule has 0 saturated heterocycles. The summed E-state index contributed by atoms with van der Waals surface area (Å²) in [4.78, 5) is 28.7. The van der Waals surface area contributed by atoms with Crippen LogP contribution in [0.5, 0.6) is 0 Å². The Morgan fingerprint density at radius 2 is 1.78 bits per heavy atom. The average Bonchev–Trinajstić information content (AvgIpc) is 3.02. The van der Waals surface area contributed by atoms with E-state index in [0.29, 0.717) is 13.0 Å². The summed E-state index contributed by atoms with van der Waals surface area (Å²) in [6.07, 6.45) is 6.96. The van der Waals surface area contributed by atoms with Gasteiger partial charge in [-0.2, -0.15) is 0 Å². The molecule has 0 aliphatic heterocycles. The van der Waals surface area contributed by atoms with Crippen LogP contribution >= 0.6 is 0 Å². The summed E-state index contributed by atoms with van der Waals surface area (Å²) in [5, 5.41) is 5.91. The molecule has 0 fully saturated rings. The van der Waals surface area contributed by atoms with Crippen molar-refractivity contribution in [2.24, 2.45) is 5.73 Å². The minimum absolute atomic E-state index is 0.0292. The van der Waals surface area contributed by atoms with E-state index >= 15 is 0 Å². The lowest BCUT2D eigenvalue weighted by atomic mass is 10.1. The zero-order chi connectivity index (χ0) is 17.7. The maximum atomic E-state index is 11.0. The summed E-state index contributed by atoms with van der Waals surface area (Å²) in [5.41, 5.74) is 6.30. The van der Waals surface area contributed by atoms with Crippen molar-refractivity contribution in [1.29, 1.82) is 0 Å². The highest BCUT2D eigenvalue weighted by Gasteiger charge is 2.12. The van der Waals surface area contributed by atoms with Gasteiger partial charge >= 0.3 is 0 Å². The van der Waals surface area contributed by atoms with Crippen molar-refractivity contribution in [3.63, 3.8) is 0 Å². The molecule has 0 bridgehead atoms. The van der Waals surface area contributed by atoms with Gasteiger partial charge in [0.25, 0.3) is 0 Å². The number of Topliss-reactive ketones (excluding diaryl/α,β-unsaturated/α-hetero) is 2. The van der Waals surface area contributed by atoms with Crippen LogP contribution < -0.4 is 16.4 Å². The van der Waals surface area contributed by atoms with Gasteiger partial charge in [0.15, 0.2) is 0 Å². The molecule has 7 heteroatoms. The van der Waals surface area contributed by atoms with E-state index in [9.17, 15) is 9.59 Å². The number of nitrogens with two attached hydrogens (primary N) is 1. The van der Waals surface area contributed by atoms with Crippen LogP contribution in [-0.2, 0) is 16.0 Å². The predicted molar refractivity (Wildman–Crippen MR) is 92.3 cm³/mol. The third-order valence-corrected chi connectivity index (χ3v) is 3.60. The summed E-state index contributed by atoms with van der Waals surface area (Å²) >= 11 is 0. The second-order valence-corrected chi connectivity index (χ2v) is 5.47. The van der Waals surface area contributed by atoms with Gasteiger partial charge in [-0.05, 0) is 47.3 Å². The first-order valence-electron chi connectivity index (χ1n) is 7.98. The molecule has 23 heavy (non-hydrogen) atoms. The van der Waals surface area contributed by atoms with Gasteiger partial charge in [-0.15, -0.1) is 0 Å². The van der Waals surface area contributed by atoms with E-state index in [-0.39, 0.29) is 23.7 Å². The molecule has 0 spiro atoms. The topological polar surface area (TPSA) is 113 Å². The molecule has 1 rings (SSSR count). The quantitative estimate of drug-likeness (QED) is 0.464. The highest BCUT2D eigenvalue weighted by atomic mass is 16.1. The highest BCUT2D eigenvalue weighted by molar-refractivity contribution is 5.81. The van der Waals surface area contributed by atoms with Crippen molar-refractivity contribution in [3.05, 3.63) is 18.2 Å². The van der Waals surface area contributed by atoms with E-state index in [1.54, 1.807) is 33.4 Å². The molecular formula is C16H31N5O2. The van der Waals surface area contributed by atoms with Gasteiger partial charge in [-0.3, -0.25) is 9.59 Å². The smallest absolute Gasteiger partial charge is 0.147 e. The largest absolute Gasteiger partial charge is 0.348 e. The Morgan fingerprint density at radius 3 is 2.17 bits per heavy atom. The second-order valence-electron chi connectivity index (χ2n) is 5.47. The first kappa shape index (κ1) is 21.4. The summed E-state index contributed by atoms with van der Waals surface area (Å²) < 4.78 is 0. The first-order chi connectivity index (χ1) is 11.0. The Labute approximate surface area is 138 Å². The Kier molecular flexibility index (Phi) is 12.0. The minimum atomic E-state index is -0.106. The zero-order valence-corrected chi connectivity index (χ0v) is 14.7. The predicted octanol–water partition coefficient (Wildman–Crippen LogP) is 0.422. The standard InChI is InChI=1S/C8H13N3O.C8H18N2O/c1-6(12)8(9-2)3-7-4-10-5-11-7;1-7(11)8(10-2)5-3-4-6-9/h4-5,8-9H,3H2,1-2H3,(H,10,11);8,10H,3-6,9H2,1-2H3. The highest BCUT2D eigenvalue weighted by Crippen LogP contribution is 2.00. The molecule has 0 amide bonds. The summed E-state index contributed by atoms with van der Waals surface area (Å²) in [6.45, 7) is 3.91. The Hall–Kier alpha value is -1.57. The molecule has 1 aromatic heterocycles. The number of ketones is 2. The number of carbonyl (C=O) groups is 2. The molecule has 1 aromatic rings. The summed E-state index contributed by atoms with van der Waals surface area (Å²) in [5.74, 6) is 0.358. The molecule has 2 unspecified atom stereocenters. The number of H-pyrrole nitrogens is 1. The van der Waals surface area contributed by atoms with Gasteiger partial charge in [-0.25, -0.2) is 4.98 Å². The fourth-order valence-corrected chi connectivity index (χ4v) is 2.11. The van der Waals surface area contributed by atoms with E-state index in [0.717, 1.165) is 25.0 Å². The first-order valence-corrected chi connectivity index (χ1v) is 7.98. The van der Waals surface area contributed by atoms with Crippen LogP contribution in [0.25, 0.3) is 0 Å². The van der Waals surface area contributed by atoms with Gasteiger partial charge in [0.2, 0.25) is 0 Å². The normalized spacial score (nSPS) is 12.9. The van der Waals surface area contributed by atoms with E-state index in [1.807, 2.05) is 7.05 Å². The maximum absolute atomic E-state index is 11.0. The van der Waals surface area contributed by atoms with Crippen molar-refractivity contribution in [1.82, 2.24) is 20.6 Å². The van der Waals surface area contributed by atoms with Crippen molar-refractivity contribution in [2.45, 2.75) is 51.6 Å². The number of unbranched alkanes of at least 4 members (excludes halogenated alkanes) is 1. The van der Waals surface area contributed by atoms with Gasteiger partial charge in [0.05, 0.1) is 18.4 Å². The lowest BCUT2D eigenvalue weighted by Gasteiger charge is -2.11. The number of nitrogens with zero attached hydrogens (tertiary/aromatic N) is 1. The average molecular weight is 325 g/mol. The number of aromatic amines is 1. The molecule has 0 radical (unpaired) electrons. The number of rotatable bonds is 10. The number of hydrogen-bond acceptors (Lipinski definition) is 6. The van der Waals surface area contributed by atoms with Crippen LogP contribution in [0.2, 0.25) is 0 Å². The lowest BCUT2D eigenvalue weighted by Crippen LogP contribution is -2.34. The molecule has 7 nitrogen and oxygen atoms in total. The number of aromatic nitrogens is 2. The third kappa shape index (κ3) is 9.93. The van der Waals surface area contributed by atoms with E-state index in [4.69, 9.17) is 5.73 Å². The molecule has 0 aliphatic rings. The molecule has 0 aromatic carbocycles. The number of hydrogen-bond donors (Lipinski definition) is 4. The van der Waals surface area contributed by atoms with Crippen molar-refractivity contribution in [3.8, 4) is 0 Å². The molecular weight excluding hydrogens is 294 g/mol. The zero-order valence-electron chi connectivity index (χ0n) is 14.7. The third-order valence-electron chi connectivity index (χ3n) is 3.60. The molecule has 1 heterocycles. The van der Waals surface area contributed by atoms with Crippen molar-refractivity contribution < 1.29 is 9.59 Å². The van der Waals surface area contributed by atoms with Crippen LogP contribution in [0.15, 0.2) is 12.5 Å². The maximum Gasteiger partial charge on any atom is 0.147 e. The molecule has 0 saturated carbocycles. The SMILES string of the molecule is CNC(CCCCN)C(C)=O.CNC(Cc1cnc[nH]1)C(C)=O. The van der Waals surface area contributed by atoms with Crippen LogP contribution in [-0.4, -0.2) is 54.3 Å².